The molecule has 0 radical (unpaired) electrons. The van der Waals surface area contributed by atoms with E-state index in [1.54, 1.807) is 12.4 Å². The molecule has 3 heterocycles. The summed E-state index contributed by atoms with van der Waals surface area (Å²) >= 11 is 0. The van der Waals surface area contributed by atoms with Gasteiger partial charge >= 0.3 is 5.97 Å². The smallest absolute Gasteiger partial charge is 0.313 e. The number of ether oxygens (including phenoxy) is 1. The van der Waals surface area contributed by atoms with Gasteiger partial charge in [0.25, 0.3) is 0 Å². The number of aromatic nitrogens is 1. The predicted octanol–water partition coefficient (Wildman–Crippen LogP) is 2.08. The summed E-state index contributed by atoms with van der Waals surface area (Å²) in [6.07, 6.45) is 5.50. The normalized spacial score (nSPS) is 18.3. The number of hydrogen-bond donors (Lipinski definition) is 3. The molecule has 0 atom stereocenters. The fraction of sp³-hybridized carbons (Fsp3) is 0.435. The zero-order valence-electron chi connectivity index (χ0n) is 17.6. The topological polar surface area (TPSA) is 116 Å². The maximum atomic E-state index is 12.2. The van der Waals surface area contributed by atoms with Crippen LogP contribution in [0.5, 0.6) is 5.75 Å². The number of fused-ring (bicyclic) bond motifs is 1. The van der Waals surface area contributed by atoms with Crippen molar-refractivity contribution in [1.82, 2.24) is 14.8 Å². The molecule has 2 aliphatic heterocycles. The lowest BCUT2D eigenvalue weighted by Crippen LogP contribution is -2.47. The first-order valence-corrected chi connectivity index (χ1v) is 10.6. The molecule has 0 amide bonds. The minimum absolute atomic E-state index is 0.0697. The number of piperidine rings is 1. The Morgan fingerprint density at radius 1 is 1.16 bits per heavy atom. The Morgan fingerprint density at radius 2 is 1.90 bits per heavy atom. The summed E-state index contributed by atoms with van der Waals surface area (Å²) in [5, 5.41) is 17.6. The van der Waals surface area contributed by atoms with Crippen LogP contribution in [0, 0.1) is 10.8 Å². The molecule has 8 nitrogen and oxygen atoms in total. The van der Waals surface area contributed by atoms with E-state index >= 15 is 0 Å². The van der Waals surface area contributed by atoms with E-state index in [9.17, 15) is 9.90 Å². The van der Waals surface area contributed by atoms with E-state index in [1.165, 1.54) is 11.1 Å². The molecule has 0 spiro atoms. The van der Waals surface area contributed by atoms with Gasteiger partial charge in [-0.3, -0.25) is 20.1 Å². The Labute approximate surface area is 182 Å². The van der Waals surface area contributed by atoms with Gasteiger partial charge in [-0.15, -0.1) is 0 Å². The molecule has 0 saturated carbocycles. The Kier molecular flexibility index (Phi) is 6.08. The molecule has 4 N–H and O–H groups in total. The third kappa shape index (κ3) is 4.80. The molecule has 0 bridgehead atoms. The summed E-state index contributed by atoms with van der Waals surface area (Å²) in [6.45, 7) is 3.71. The van der Waals surface area contributed by atoms with Crippen LogP contribution in [0.25, 0.3) is 0 Å². The highest BCUT2D eigenvalue weighted by Crippen LogP contribution is 2.34. The molecule has 1 aromatic carbocycles. The number of carboxylic acid groups (broad SMARTS) is 1. The molecule has 31 heavy (non-hydrogen) atoms. The highest BCUT2D eigenvalue weighted by molar-refractivity contribution is 5.75. The van der Waals surface area contributed by atoms with Crippen LogP contribution in [0.4, 0.5) is 0 Å². The van der Waals surface area contributed by atoms with Gasteiger partial charge in [-0.25, -0.2) is 0 Å². The molecule has 0 unspecified atom stereocenters. The van der Waals surface area contributed by atoms with E-state index < -0.39 is 11.4 Å². The fourth-order valence-electron chi connectivity index (χ4n) is 4.36. The standard InChI is InChI=1S/C23H29N5O3/c24-22(25)28-10-5-18-1-2-20(13-19(18)15-28)31-16-23(21(29)30)6-11-27(12-7-23)14-17-3-8-26-9-4-17/h1-4,8-9,13H,5-7,10-12,14-16H2,(H3,24,25)(H,29,30). The molecule has 2 aliphatic rings. The first kappa shape index (κ1) is 21.1. The number of likely N-dealkylation sites (tertiary alicyclic amines) is 1. The van der Waals surface area contributed by atoms with Crippen molar-refractivity contribution in [3.63, 3.8) is 0 Å². The van der Waals surface area contributed by atoms with Gasteiger partial charge in [0, 0.05) is 32.0 Å². The number of nitrogens with one attached hydrogen (secondary N) is 1. The molecule has 1 aromatic heterocycles. The van der Waals surface area contributed by atoms with Crippen LogP contribution in [0.15, 0.2) is 42.7 Å². The zero-order valence-corrected chi connectivity index (χ0v) is 17.6. The maximum absolute atomic E-state index is 12.2. The molecular weight excluding hydrogens is 394 g/mol. The van der Waals surface area contributed by atoms with Crippen LogP contribution in [0.1, 0.15) is 29.5 Å². The quantitative estimate of drug-likeness (QED) is 0.481. The highest BCUT2D eigenvalue weighted by atomic mass is 16.5. The summed E-state index contributed by atoms with van der Waals surface area (Å²) in [5.74, 6) is -0.0545. The van der Waals surface area contributed by atoms with Crippen molar-refractivity contribution in [2.24, 2.45) is 11.1 Å². The monoisotopic (exact) mass is 423 g/mol. The minimum atomic E-state index is -0.879. The van der Waals surface area contributed by atoms with Crippen LogP contribution >= 0.6 is 0 Å². The number of hydrogen-bond acceptors (Lipinski definition) is 5. The Morgan fingerprint density at radius 3 is 2.58 bits per heavy atom. The van der Waals surface area contributed by atoms with Crippen molar-refractivity contribution in [3.8, 4) is 5.75 Å². The molecule has 0 aliphatic carbocycles. The average molecular weight is 424 g/mol. The molecule has 2 aromatic rings. The van der Waals surface area contributed by atoms with E-state index in [2.05, 4.69) is 9.88 Å². The number of nitrogens with zero attached hydrogens (tertiary/aromatic N) is 3. The first-order valence-electron chi connectivity index (χ1n) is 10.6. The van der Waals surface area contributed by atoms with Gasteiger partial charge in [-0.2, -0.15) is 0 Å². The summed E-state index contributed by atoms with van der Waals surface area (Å²) < 4.78 is 6.01. The number of aliphatic carboxylic acids is 1. The molecule has 1 fully saturated rings. The third-order valence-corrected chi connectivity index (χ3v) is 6.47. The molecule has 1 saturated heterocycles. The lowest BCUT2D eigenvalue weighted by molar-refractivity contribution is -0.154. The van der Waals surface area contributed by atoms with Crippen molar-refractivity contribution in [2.75, 3.05) is 26.2 Å². The van der Waals surface area contributed by atoms with Gasteiger partial charge in [-0.05, 0) is 73.3 Å². The van der Waals surface area contributed by atoms with E-state index in [1.807, 2.05) is 35.2 Å². The number of carbonyl (C=O) groups is 1. The summed E-state index contributed by atoms with van der Waals surface area (Å²) in [5.41, 5.74) is 8.24. The number of guanidine groups is 1. The van der Waals surface area contributed by atoms with Crippen molar-refractivity contribution < 1.29 is 14.6 Å². The van der Waals surface area contributed by atoms with E-state index in [0.29, 0.717) is 25.1 Å². The number of pyridine rings is 1. The highest BCUT2D eigenvalue weighted by Gasteiger charge is 2.42. The Hall–Kier alpha value is -3.13. The number of nitrogens with two attached hydrogens (primary N) is 1. The lowest BCUT2D eigenvalue weighted by atomic mass is 9.79. The van der Waals surface area contributed by atoms with Gasteiger partial charge in [0.1, 0.15) is 17.8 Å². The largest absolute Gasteiger partial charge is 0.492 e. The van der Waals surface area contributed by atoms with Crippen LogP contribution in [-0.2, 0) is 24.3 Å². The first-order chi connectivity index (χ1) is 14.9. The maximum Gasteiger partial charge on any atom is 0.313 e. The predicted molar refractivity (Wildman–Crippen MR) is 117 cm³/mol. The van der Waals surface area contributed by atoms with Gasteiger partial charge in [0.15, 0.2) is 5.96 Å². The molecular formula is C23H29N5O3. The molecule has 8 heteroatoms. The second kappa shape index (κ2) is 8.93. The number of carboxylic acids is 1. The van der Waals surface area contributed by atoms with Crippen LogP contribution < -0.4 is 10.5 Å². The summed E-state index contributed by atoms with van der Waals surface area (Å²) in [7, 11) is 0. The van der Waals surface area contributed by atoms with Gasteiger partial charge in [0.2, 0.25) is 0 Å². The Bertz CT molecular complexity index is 941. The van der Waals surface area contributed by atoms with Crippen molar-refractivity contribution in [2.45, 2.75) is 32.4 Å². The van der Waals surface area contributed by atoms with Gasteiger partial charge in [0.05, 0.1) is 0 Å². The van der Waals surface area contributed by atoms with E-state index in [4.69, 9.17) is 15.9 Å². The zero-order chi connectivity index (χ0) is 21.8. The van der Waals surface area contributed by atoms with Crippen molar-refractivity contribution in [1.29, 1.82) is 5.41 Å². The average Bonchev–Trinajstić information content (AvgIpc) is 2.78. The third-order valence-electron chi connectivity index (χ3n) is 6.47. The number of benzene rings is 1. The number of rotatable bonds is 6. The fourth-order valence-corrected chi connectivity index (χ4v) is 4.36. The summed E-state index contributed by atoms with van der Waals surface area (Å²) in [6, 6.07) is 9.89. The van der Waals surface area contributed by atoms with E-state index in [-0.39, 0.29) is 12.6 Å². The second-order valence-corrected chi connectivity index (χ2v) is 8.49. The SMILES string of the molecule is N=C(N)N1CCc2ccc(OCC3(C(=O)O)CCN(Cc4ccncc4)CC3)cc2C1. The van der Waals surface area contributed by atoms with Crippen molar-refractivity contribution >= 4 is 11.9 Å². The minimum Gasteiger partial charge on any atom is -0.492 e. The molecule has 164 valence electrons. The van der Waals surface area contributed by atoms with Gasteiger partial charge in [-0.1, -0.05) is 6.07 Å². The van der Waals surface area contributed by atoms with Crippen molar-refractivity contribution in [3.05, 3.63) is 59.4 Å². The second-order valence-electron chi connectivity index (χ2n) is 8.49. The molecule has 4 rings (SSSR count). The van der Waals surface area contributed by atoms with Gasteiger partial charge < -0.3 is 20.5 Å². The van der Waals surface area contributed by atoms with Crippen LogP contribution in [0.2, 0.25) is 0 Å². The van der Waals surface area contributed by atoms with Crippen LogP contribution in [-0.4, -0.2) is 58.1 Å². The van der Waals surface area contributed by atoms with E-state index in [0.717, 1.165) is 38.2 Å². The lowest BCUT2D eigenvalue weighted by Gasteiger charge is -2.38. The summed E-state index contributed by atoms with van der Waals surface area (Å²) in [4.78, 5) is 20.3. The van der Waals surface area contributed by atoms with Crippen LogP contribution in [0.3, 0.4) is 0 Å². The Balaban J connectivity index is 1.38.